The van der Waals surface area contributed by atoms with Crippen LogP contribution in [-0.2, 0) is 17.6 Å². The van der Waals surface area contributed by atoms with Gasteiger partial charge in [0.1, 0.15) is 28.2 Å². The number of aliphatic carboxylic acids is 1. The molecule has 0 spiro atoms. The molecule has 0 aliphatic rings. The first-order valence-electron chi connectivity index (χ1n) is 11.2. The fraction of sp³-hybridized carbons (Fsp3) is 0.269. The number of nitrogens with zero attached hydrogens (tertiary/aromatic N) is 3. The molecule has 0 atom stereocenters. The lowest BCUT2D eigenvalue weighted by atomic mass is 10.0. The van der Waals surface area contributed by atoms with E-state index in [4.69, 9.17) is 26.2 Å². The lowest BCUT2D eigenvalue weighted by Crippen LogP contribution is -2.09. The van der Waals surface area contributed by atoms with Gasteiger partial charge >= 0.3 is 5.97 Å². The molecule has 0 saturated carbocycles. The maximum absolute atomic E-state index is 11.0. The van der Waals surface area contributed by atoms with Crippen molar-refractivity contribution in [3.8, 4) is 17.2 Å². The van der Waals surface area contributed by atoms with E-state index >= 15 is 0 Å². The van der Waals surface area contributed by atoms with Crippen molar-refractivity contribution in [1.29, 1.82) is 0 Å². The number of fused-ring (bicyclic) bond motifs is 1. The fourth-order valence-electron chi connectivity index (χ4n) is 3.68. The van der Waals surface area contributed by atoms with Crippen LogP contribution < -0.4 is 9.47 Å². The summed E-state index contributed by atoms with van der Waals surface area (Å²) in [5.74, 6) is 0.582. The van der Waals surface area contributed by atoms with Gasteiger partial charge < -0.3 is 14.6 Å². The third kappa shape index (κ3) is 5.85. The predicted molar refractivity (Wildman–Crippen MR) is 131 cm³/mol. The van der Waals surface area contributed by atoms with Crippen LogP contribution in [0.5, 0.6) is 11.5 Å². The van der Waals surface area contributed by atoms with Crippen LogP contribution in [0.15, 0.2) is 60.7 Å². The molecule has 4 rings (SSSR count). The number of hydrogen-bond acceptors (Lipinski definition) is 5. The summed E-state index contributed by atoms with van der Waals surface area (Å²) in [6.45, 7) is 3.00. The highest BCUT2D eigenvalue weighted by atomic mass is 35.5. The quantitative estimate of drug-likeness (QED) is 0.286. The molecule has 34 heavy (non-hydrogen) atoms. The van der Waals surface area contributed by atoms with Crippen LogP contribution in [-0.4, -0.2) is 39.3 Å². The van der Waals surface area contributed by atoms with Crippen molar-refractivity contribution in [2.24, 2.45) is 0 Å². The molecular formula is C26H26ClN3O4. The van der Waals surface area contributed by atoms with Gasteiger partial charge in [0, 0.05) is 11.4 Å². The van der Waals surface area contributed by atoms with Crippen LogP contribution in [0.25, 0.3) is 16.7 Å². The van der Waals surface area contributed by atoms with Crippen molar-refractivity contribution < 1.29 is 19.4 Å². The highest BCUT2D eigenvalue weighted by Crippen LogP contribution is 2.27. The van der Waals surface area contributed by atoms with E-state index < -0.39 is 5.97 Å². The maximum atomic E-state index is 11.0. The highest BCUT2D eigenvalue weighted by molar-refractivity contribution is 6.30. The lowest BCUT2D eigenvalue weighted by Gasteiger charge is -2.14. The number of carboxylic acid groups (broad SMARTS) is 1. The summed E-state index contributed by atoms with van der Waals surface area (Å²) >= 11 is 6.22. The molecule has 0 radical (unpaired) electrons. The SMILES string of the molecule is CCCc1cc(CC(=O)O)ccc1OCCCOc1ccc(Cl)cc1-n1nc2ccccc2n1. The van der Waals surface area contributed by atoms with Crippen molar-refractivity contribution in [2.45, 2.75) is 32.6 Å². The first-order valence-corrected chi connectivity index (χ1v) is 11.6. The van der Waals surface area contributed by atoms with Crippen molar-refractivity contribution in [3.63, 3.8) is 0 Å². The van der Waals surface area contributed by atoms with Gasteiger partial charge in [0.2, 0.25) is 0 Å². The Morgan fingerprint density at radius 3 is 2.32 bits per heavy atom. The summed E-state index contributed by atoms with van der Waals surface area (Å²) in [7, 11) is 0. The van der Waals surface area contributed by atoms with Gasteiger partial charge in [0.15, 0.2) is 0 Å². The smallest absolute Gasteiger partial charge is 0.307 e. The number of aromatic nitrogens is 3. The molecule has 4 aromatic rings. The number of halogens is 1. The standard InChI is InChI=1S/C26H26ClN3O4/c1-2-6-19-15-18(16-26(31)32)9-11-24(19)33-13-5-14-34-25-12-10-20(27)17-23(25)30-28-21-7-3-4-8-22(21)29-30/h3-4,7-12,15,17H,2,5-6,13-14,16H2,1H3,(H,31,32). The normalized spacial score (nSPS) is 11.0. The van der Waals surface area contributed by atoms with Gasteiger partial charge in [0.25, 0.3) is 0 Å². The second-order valence-corrected chi connectivity index (χ2v) is 8.34. The summed E-state index contributed by atoms with van der Waals surface area (Å²) in [6.07, 6.45) is 2.46. The Kier molecular flexibility index (Phi) is 7.65. The molecule has 0 saturated heterocycles. The third-order valence-corrected chi connectivity index (χ3v) is 5.46. The third-order valence-electron chi connectivity index (χ3n) is 5.23. The average Bonchev–Trinajstić information content (AvgIpc) is 3.25. The van der Waals surface area contributed by atoms with Crippen LogP contribution in [0.3, 0.4) is 0 Å². The molecule has 176 valence electrons. The Hall–Kier alpha value is -3.58. The number of carbonyl (C=O) groups is 1. The van der Waals surface area contributed by atoms with E-state index in [2.05, 4.69) is 17.1 Å². The van der Waals surface area contributed by atoms with E-state index in [1.54, 1.807) is 18.2 Å². The van der Waals surface area contributed by atoms with E-state index in [0.29, 0.717) is 36.1 Å². The molecule has 0 amide bonds. The lowest BCUT2D eigenvalue weighted by molar-refractivity contribution is -0.136. The monoisotopic (exact) mass is 479 g/mol. The van der Waals surface area contributed by atoms with Gasteiger partial charge in [-0.2, -0.15) is 0 Å². The van der Waals surface area contributed by atoms with Crippen LogP contribution in [0.2, 0.25) is 5.02 Å². The predicted octanol–water partition coefficient (Wildman–Crippen LogP) is 5.50. The van der Waals surface area contributed by atoms with E-state index in [-0.39, 0.29) is 6.42 Å². The molecule has 0 bridgehead atoms. The summed E-state index contributed by atoms with van der Waals surface area (Å²) in [6, 6.07) is 18.6. The molecular weight excluding hydrogens is 454 g/mol. The zero-order valence-corrected chi connectivity index (χ0v) is 19.7. The van der Waals surface area contributed by atoms with Crippen LogP contribution in [0.1, 0.15) is 30.9 Å². The summed E-state index contributed by atoms with van der Waals surface area (Å²) in [5.41, 5.74) is 4.06. The molecule has 0 fully saturated rings. The molecule has 0 aliphatic carbocycles. The van der Waals surface area contributed by atoms with Crippen molar-refractivity contribution in [3.05, 3.63) is 76.8 Å². The maximum Gasteiger partial charge on any atom is 0.307 e. The topological polar surface area (TPSA) is 86.5 Å². The average molecular weight is 480 g/mol. The first kappa shape index (κ1) is 23.6. The first-order chi connectivity index (χ1) is 16.5. The Bertz CT molecular complexity index is 1260. The fourth-order valence-corrected chi connectivity index (χ4v) is 3.85. The number of hydrogen-bond donors (Lipinski definition) is 1. The zero-order valence-electron chi connectivity index (χ0n) is 18.9. The molecule has 7 nitrogen and oxygen atoms in total. The molecule has 8 heteroatoms. The number of rotatable bonds is 11. The van der Waals surface area contributed by atoms with Crippen LogP contribution in [0.4, 0.5) is 0 Å². The van der Waals surface area contributed by atoms with E-state index in [9.17, 15) is 4.79 Å². The second-order valence-electron chi connectivity index (χ2n) is 7.90. The zero-order chi connectivity index (χ0) is 23.9. The van der Waals surface area contributed by atoms with Crippen molar-refractivity contribution in [1.82, 2.24) is 15.0 Å². The van der Waals surface area contributed by atoms with Gasteiger partial charge in [-0.1, -0.05) is 49.2 Å². The number of ether oxygens (including phenoxy) is 2. The van der Waals surface area contributed by atoms with E-state index in [1.807, 2.05) is 42.5 Å². The minimum Gasteiger partial charge on any atom is -0.493 e. The Morgan fingerprint density at radius 1 is 0.971 bits per heavy atom. The Balaban J connectivity index is 1.38. The van der Waals surface area contributed by atoms with E-state index in [1.165, 1.54) is 4.80 Å². The van der Waals surface area contributed by atoms with Gasteiger partial charge in [-0.05, 0) is 53.9 Å². The molecule has 3 aromatic carbocycles. The summed E-state index contributed by atoms with van der Waals surface area (Å²) in [5, 5.41) is 18.7. The van der Waals surface area contributed by atoms with Crippen molar-refractivity contribution in [2.75, 3.05) is 13.2 Å². The highest BCUT2D eigenvalue weighted by Gasteiger charge is 2.12. The molecule has 0 unspecified atom stereocenters. The largest absolute Gasteiger partial charge is 0.493 e. The van der Waals surface area contributed by atoms with Crippen LogP contribution in [0, 0.1) is 0 Å². The summed E-state index contributed by atoms with van der Waals surface area (Å²) in [4.78, 5) is 12.5. The molecule has 0 aliphatic heterocycles. The van der Waals surface area contributed by atoms with Gasteiger partial charge in [-0.3, -0.25) is 4.79 Å². The molecule has 1 aromatic heterocycles. The Labute approximate surface area is 202 Å². The number of carboxylic acids is 1. The number of benzene rings is 3. The van der Waals surface area contributed by atoms with Gasteiger partial charge in [0.05, 0.1) is 19.6 Å². The van der Waals surface area contributed by atoms with Gasteiger partial charge in [-0.25, -0.2) is 0 Å². The summed E-state index contributed by atoms with van der Waals surface area (Å²) < 4.78 is 12.0. The van der Waals surface area contributed by atoms with Crippen LogP contribution >= 0.6 is 11.6 Å². The molecule has 1 heterocycles. The molecule has 1 N–H and O–H groups in total. The number of aryl methyl sites for hydroxylation is 1. The minimum atomic E-state index is -0.840. The van der Waals surface area contributed by atoms with Gasteiger partial charge in [-0.15, -0.1) is 15.0 Å². The van der Waals surface area contributed by atoms with E-state index in [0.717, 1.165) is 40.8 Å². The second kappa shape index (κ2) is 11.0. The Morgan fingerprint density at radius 2 is 1.65 bits per heavy atom. The minimum absolute atomic E-state index is 0.00886. The van der Waals surface area contributed by atoms with Crippen molar-refractivity contribution >= 4 is 28.6 Å².